The van der Waals surface area contributed by atoms with Crippen LogP contribution in [0.4, 0.5) is 5.69 Å². The Morgan fingerprint density at radius 2 is 1.81 bits per heavy atom. The largest absolute Gasteiger partial charge is 0.489 e. The highest BCUT2D eigenvalue weighted by Gasteiger charge is 2.17. The summed E-state index contributed by atoms with van der Waals surface area (Å²) in [4.78, 5) is 37.0. The third-order valence-electron chi connectivity index (χ3n) is 5.86. The van der Waals surface area contributed by atoms with Gasteiger partial charge >= 0.3 is 5.97 Å². The zero-order valence-corrected chi connectivity index (χ0v) is 23.2. The zero-order valence-electron chi connectivity index (χ0n) is 22.4. The van der Waals surface area contributed by atoms with Gasteiger partial charge in [0.05, 0.1) is 18.7 Å². The van der Waals surface area contributed by atoms with Crippen LogP contribution in [-0.4, -0.2) is 36.2 Å². The van der Waals surface area contributed by atoms with Gasteiger partial charge in [-0.3, -0.25) is 14.4 Å². The topological polar surface area (TPSA) is 93.7 Å². The fraction of sp³-hybridized carbons (Fsp3) is 0.483. The summed E-state index contributed by atoms with van der Waals surface area (Å²) in [7, 11) is 0. The molecule has 0 aliphatic heterocycles. The van der Waals surface area contributed by atoms with Gasteiger partial charge in [-0.1, -0.05) is 63.4 Å². The first kappa shape index (κ1) is 30.2. The maximum absolute atomic E-state index is 12.6. The molecule has 0 aromatic heterocycles. The molecule has 0 heterocycles. The Labute approximate surface area is 225 Å². The summed E-state index contributed by atoms with van der Waals surface area (Å²) >= 11 is 1.45. The number of unbranched alkanes of at least 4 members (excludes halogenated alkanes) is 1. The van der Waals surface area contributed by atoms with Crippen LogP contribution in [0.5, 0.6) is 5.75 Å². The number of rotatable bonds is 16. The van der Waals surface area contributed by atoms with Gasteiger partial charge in [-0.05, 0) is 43.0 Å². The highest BCUT2D eigenvalue weighted by molar-refractivity contribution is 7.99. The van der Waals surface area contributed by atoms with Gasteiger partial charge in [-0.25, -0.2) is 0 Å². The first-order valence-corrected chi connectivity index (χ1v) is 14.0. The minimum Gasteiger partial charge on any atom is -0.489 e. The van der Waals surface area contributed by atoms with Crippen molar-refractivity contribution in [2.45, 2.75) is 77.3 Å². The predicted molar refractivity (Wildman–Crippen MR) is 149 cm³/mol. The zero-order chi connectivity index (χ0) is 27.0. The molecule has 2 aromatic rings. The van der Waals surface area contributed by atoms with E-state index in [4.69, 9.17) is 9.47 Å². The Morgan fingerprint density at radius 1 is 1.05 bits per heavy atom. The molecule has 0 saturated carbocycles. The molecule has 8 heteroatoms. The maximum Gasteiger partial charge on any atom is 0.306 e. The maximum atomic E-state index is 12.6. The quantitative estimate of drug-likeness (QED) is 0.206. The molecule has 2 amide bonds. The van der Waals surface area contributed by atoms with Gasteiger partial charge in [-0.2, -0.15) is 0 Å². The van der Waals surface area contributed by atoms with Gasteiger partial charge in [-0.15, -0.1) is 11.8 Å². The van der Waals surface area contributed by atoms with Crippen molar-refractivity contribution in [2.24, 2.45) is 5.92 Å². The van der Waals surface area contributed by atoms with E-state index in [2.05, 4.69) is 24.5 Å². The van der Waals surface area contributed by atoms with E-state index in [0.717, 1.165) is 36.1 Å². The van der Waals surface area contributed by atoms with E-state index in [1.807, 2.05) is 36.4 Å². The van der Waals surface area contributed by atoms with Crippen LogP contribution in [0.25, 0.3) is 0 Å². The Hall–Kier alpha value is -3.00. The molecule has 0 radical (unpaired) electrons. The molecule has 202 valence electrons. The fourth-order valence-corrected chi connectivity index (χ4v) is 4.56. The van der Waals surface area contributed by atoms with E-state index in [1.54, 1.807) is 19.1 Å². The summed E-state index contributed by atoms with van der Waals surface area (Å²) in [5.41, 5.74) is 1.64. The average molecular weight is 529 g/mol. The van der Waals surface area contributed by atoms with Crippen LogP contribution in [0.15, 0.2) is 53.4 Å². The Balaban J connectivity index is 2.01. The van der Waals surface area contributed by atoms with Crippen LogP contribution in [0.2, 0.25) is 0 Å². The molecular formula is C29H40N2O5S. The monoisotopic (exact) mass is 528 g/mol. The number of benzene rings is 2. The van der Waals surface area contributed by atoms with Crippen molar-refractivity contribution in [3.63, 3.8) is 0 Å². The molecule has 7 nitrogen and oxygen atoms in total. The third-order valence-corrected chi connectivity index (χ3v) is 6.92. The summed E-state index contributed by atoms with van der Waals surface area (Å²) in [6.07, 6.45) is 4.61. The standard InChI is InChI=1S/C29H40N2O5S/c1-5-7-11-23(6-2)19-36-28(33)16-17-37-27-18-25(35-20-24-12-9-8-10-13-24)14-15-26(27)31-29(34)21(3)30-22(4)32/h8-10,12-15,18,21,23H,5-7,11,16-17,19-20H2,1-4H3,(H,30,32)(H,31,34)/t21-,23?/m0/s1. The lowest BCUT2D eigenvalue weighted by Gasteiger charge is -2.17. The van der Waals surface area contributed by atoms with Crippen molar-refractivity contribution < 1.29 is 23.9 Å². The number of hydrogen-bond donors (Lipinski definition) is 2. The van der Waals surface area contributed by atoms with Crippen molar-refractivity contribution >= 4 is 35.2 Å². The molecular weight excluding hydrogens is 488 g/mol. The van der Waals surface area contributed by atoms with Gasteiger partial charge in [0, 0.05) is 17.6 Å². The van der Waals surface area contributed by atoms with Gasteiger partial charge < -0.3 is 20.1 Å². The van der Waals surface area contributed by atoms with E-state index in [9.17, 15) is 14.4 Å². The van der Waals surface area contributed by atoms with Crippen LogP contribution in [-0.2, 0) is 25.7 Å². The second-order valence-corrected chi connectivity index (χ2v) is 10.2. The molecule has 0 spiro atoms. The van der Waals surface area contributed by atoms with E-state index in [1.165, 1.54) is 18.7 Å². The minimum absolute atomic E-state index is 0.219. The molecule has 0 bridgehead atoms. The molecule has 2 atom stereocenters. The molecule has 0 saturated heterocycles. The molecule has 0 aliphatic rings. The molecule has 0 aliphatic carbocycles. The molecule has 1 unspecified atom stereocenters. The van der Waals surface area contributed by atoms with Crippen molar-refractivity contribution in [1.82, 2.24) is 5.32 Å². The number of carbonyl (C=O) groups is 3. The second kappa shape index (κ2) is 16.7. The highest BCUT2D eigenvalue weighted by atomic mass is 32.2. The molecule has 2 aromatic carbocycles. The third kappa shape index (κ3) is 11.7. The normalized spacial score (nSPS) is 12.3. The van der Waals surface area contributed by atoms with Gasteiger partial charge in [0.25, 0.3) is 0 Å². The lowest BCUT2D eigenvalue weighted by Crippen LogP contribution is -2.40. The lowest BCUT2D eigenvalue weighted by molar-refractivity contribution is -0.144. The average Bonchev–Trinajstić information content (AvgIpc) is 2.89. The molecule has 0 fully saturated rings. The highest BCUT2D eigenvalue weighted by Crippen LogP contribution is 2.32. The summed E-state index contributed by atoms with van der Waals surface area (Å²) in [5, 5.41) is 5.46. The number of carbonyl (C=O) groups excluding carboxylic acids is 3. The van der Waals surface area contributed by atoms with Crippen LogP contribution in [0.3, 0.4) is 0 Å². The summed E-state index contributed by atoms with van der Waals surface area (Å²) in [6, 6.07) is 14.6. The molecule has 2 rings (SSSR count). The van der Waals surface area contributed by atoms with E-state index >= 15 is 0 Å². The molecule has 37 heavy (non-hydrogen) atoms. The van der Waals surface area contributed by atoms with Gasteiger partial charge in [0.2, 0.25) is 11.8 Å². The van der Waals surface area contributed by atoms with E-state index in [0.29, 0.717) is 36.3 Å². The Morgan fingerprint density at radius 3 is 2.49 bits per heavy atom. The van der Waals surface area contributed by atoms with Crippen molar-refractivity contribution in [2.75, 3.05) is 17.7 Å². The van der Waals surface area contributed by atoms with Gasteiger partial charge in [0.1, 0.15) is 18.4 Å². The predicted octanol–water partition coefficient (Wildman–Crippen LogP) is 5.97. The number of nitrogens with one attached hydrogen (secondary N) is 2. The smallest absolute Gasteiger partial charge is 0.306 e. The number of hydrogen-bond acceptors (Lipinski definition) is 6. The van der Waals surface area contributed by atoms with E-state index < -0.39 is 6.04 Å². The van der Waals surface area contributed by atoms with Crippen molar-refractivity contribution in [3.8, 4) is 5.75 Å². The minimum atomic E-state index is -0.682. The summed E-state index contributed by atoms with van der Waals surface area (Å²) < 4.78 is 11.5. The Kier molecular flexibility index (Phi) is 13.6. The van der Waals surface area contributed by atoms with Crippen molar-refractivity contribution in [3.05, 3.63) is 54.1 Å². The second-order valence-electron chi connectivity index (χ2n) is 9.04. The lowest BCUT2D eigenvalue weighted by atomic mass is 10.0. The van der Waals surface area contributed by atoms with Crippen LogP contribution in [0.1, 0.15) is 65.4 Å². The number of ether oxygens (including phenoxy) is 2. The number of thioether (sulfide) groups is 1. The SMILES string of the molecule is CCCCC(CC)COC(=O)CCSc1cc(OCc2ccccc2)ccc1NC(=O)[C@H](C)NC(C)=O. The molecule has 2 N–H and O–H groups in total. The first-order valence-electron chi connectivity index (χ1n) is 13.0. The fourth-order valence-electron chi connectivity index (χ4n) is 3.59. The van der Waals surface area contributed by atoms with Crippen LogP contribution < -0.4 is 15.4 Å². The van der Waals surface area contributed by atoms with Crippen LogP contribution in [0, 0.1) is 5.92 Å². The Bertz CT molecular complexity index is 999. The van der Waals surface area contributed by atoms with E-state index in [-0.39, 0.29) is 24.2 Å². The first-order chi connectivity index (χ1) is 17.8. The van der Waals surface area contributed by atoms with Gasteiger partial charge in [0.15, 0.2) is 0 Å². The number of esters is 1. The van der Waals surface area contributed by atoms with Crippen LogP contribution >= 0.6 is 11.8 Å². The summed E-state index contributed by atoms with van der Waals surface area (Å²) in [6.45, 7) is 8.16. The number of amides is 2. The van der Waals surface area contributed by atoms with Crippen molar-refractivity contribution in [1.29, 1.82) is 0 Å². The summed E-state index contributed by atoms with van der Waals surface area (Å²) in [5.74, 6) is 0.735. The number of anilines is 1.